The maximum Gasteiger partial charge on any atom is 0.310 e. The standard InChI is InChI=1S/C23H36O3/c1-7-8-9-10-15-26-22(25)21(16-18(4)24)23(5,6)20-13-11-19(12-14-20)17(2)3/h11-14,17,21H,7-10,15-16H2,1-6H3. The molecule has 1 aromatic carbocycles. The van der Waals surface area contributed by atoms with Gasteiger partial charge in [-0.1, -0.05) is 78.1 Å². The number of hydrogen-bond acceptors (Lipinski definition) is 3. The minimum atomic E-state index is -0.462. The van der Waals surface area contributed by atoms with Crippen molar-refractivity contribution in [1.29, 1.82) is 0 Å². The van der Waals surface area contributed by atoms with Crippen molar-refractivity contribution in [2.45, 2.75) is 85.0 Å². The number of ketones is 1. The van der Waals surface area contributed by atoms with Crippen molar-refractivity contribution in [3.63, 3.8) is 0 Å². The third-order valence-electron chi connectivity index (χ3n) is 5.21. The number of ether oxygens (including phenoxy) is 1. The second-order valence-electron chi connectivity index (χ2n) is 8.19. The van der Waals surface area contributed by atoms with Crippen molar-refractivity contribution in [1.82, 2.24) is 0 Å². The van der Waals surface area contributed by atoms with Gasteiger partial charge in [0.1, 0.15) is 5.78 Å². The van der Waals surface area contributed by atoms with Crippen molar-refractivity contribution in [3.8, 4) is 0 Å². The lowest BCUT2D eigenvalue weighted by Crippen LogP contribution is -2.37. The molecule has 0 saturated heterocycles. The Bertz CT molecular complexity index is 570. The van der Waals surface area contributed by atoms with E-state index in [4.69, 9.17) is 4.74 Å². The molecule has 1 unspecified atom stereocenters. The van der Waals surface area contributed by atoms with E-state index in [2.05, 4.69) is 45.0 Å². The number of unbranched alkanes of at least 4 members (excludes halogenated alkanes) is 3. The van der Waals surface area contributed by atoms with E-state index in [1.165, 1.54) is 5.56 Å². The Balaban J connectivity index is 2.90. The molecular weight excluding hydrogens is 324 g/mol. The molecule has 0 heterocycles. The van der Waals surface area contributed by atoms with Crippen LogP contribution in [0.4, 0.5) is 0 Å². The summed E-state index contributed by atoms with van der Waals surface area (Å²) in [6.45, 7) is 12.5. The van der Waals surface area contributed by atoms with Gasteiger partial charge in [-0.3, -0.25) is 4.79 Å². The molecule has 0 bridgehead atoms. The topological polar surface area (TPSA) is 43.4 Å². The smallest absolute Gasteiger partial charge is 0.310 e. The minimum Gasteiger partial charge on any atom is -0.465 e. The zero-order valence-corrected chi connectivity index (χ0v) is 17.4. The third-order valence-corrected chi connectivity index (χ3v) is 5.21. The molecule has 1 aromatic rings. The van der Waals surface area contributed by atoms with Gasteiger partial charge < -0.3 is 9.53 Å². The van der Waals surface area contributed by atoms with Gasteiger partial charge in [0.15, 0.2) is 0 Å². The summed E-state index contributed by atoms with van der Waals surface area (Å²) in [6.07, 6.45) is 4.48. The summed E-state index contributed by atoms with van der Waals surface area (Å²) in [6, 6.07) is 8.39. The molecule has 0 aliphatic heterocycles. The minimum absolute atomic E-state index is 0.0183. The van der Waals surface area contributed by atoms with E-state index in [1.54, 1.807) is 6.92 Å². The molecule has 0 aliphatic rings. The fraction of sp³-hybridized carbons (Fsp3) is 0.652. The van der Waals surface area contributed by atoms with E-state index in [1.807, 2.05) is 13.8 Å². The SMILES string of the molecule is CCCCCCOC(=O)C(CC(C)=O)C(C)(C)c1ccc(C(C)C)cc1. The van der Waals surface area contributed by atoms with E-state index in [0.29, 0.717) is 12.5 Å². The summed E-state index contributed by atoms with van der Waals surface area (Å²) < 4.78 is 5.53. The lowest BCUT2D eigenvalue weighted by molar-refractivity contribution is -0.152. The fourth-order valence-corrected chi connectivity index (χ4v) is 3.22. The Hall–Kier alpha value is -1.64. The molecule has 0 aromatic heterocycles. The predicted octanol–water partition coefficient (Wildman–Crippen LogP) is 5.81. The molecule has 0 spiro atoms. The van der Waals surface area contributed by atoms with Crippen LogP contribution in [0.3, 0.4) is 0 Å². The van der Waals surface area contributed by atoms with Crippen molar-refractivity contribution >= 4 is 11.8 Å². The molecule has 3 heteroatoms. The van der Waals surface area contributed by atoms with Crippen molar-refractivity contribution < 1.29 is 14.3 Å². The van der Waals surface area contributed by atoms with Gasteiger partial charge in [-0.05, 0) is 30.4 Å². The molecule has 1 rings (SSSR count). The van der Waals surface area contributed by atoms with Gasteiger partial charge in [0.25, 0.3) is 0 Å². The first-order chi connectivity index (χ1) is 12.2. The van der Waals surface area contributed by atoms with Crippen LogP contribution in [0.2, 0.25) is 0 Å². The maximum absolute atomic E-state index is 12.7. The quantitative estimate of drug-likeness (QED) is 0.369. The molecule has 0 saturated carbocycles. The average Bonchev–Trinajstić information content (AvgIpc) is 2.59. The molecule has 0 fully saturated rings. The Morgan fingerprint density at radius 3 is 2.15 bits per heavy atom. The van der Waals surface area contributed by atoms with Crippen LogP contribution >= 0.6 is 0 Å². The highest BCUT2D eigenvalue weighted by Crippen LogP contribution is 2.35. The monoisotopic (exact) mass is 360 g/mol. The van der Waals surface area contributed by atoms with Crippen LogP contribution in [0, 0.1) is 5.92 Å². The second kappa shape index (κ2) is 10.5. The van der Waals surface area contributed by atoms with E-state index in [0.717, 1.165) is 31.2 Å². The first-order valence-corrected chi connectivity index (χ1v) is 9.96. The van der Waals surface area contributed by atoms with Gasteiger partial charge in [0.05, 0.1) is 12.5 Å². The molecule has 0 N–H and O–H groups in total. The van der Waals surface area contributed by atoms with Crippen LogP contribution in [-0.2, 0) is 19.7 Å². The maximum atomic E-state index is 12.7. The molecular formula is C23H36O3. The molecule has 26 heavy (non-hydrogen) atoms. The van der Waals surface area contributed by atoms with E-state index in [9.17, 15) is 9.59 Å². The predicted molar refractivity (Wildman–Crippen MR) is 107 cm³/mol. The molecule has 0 radical (unpaired) electrons. The van der Waals surface area contributed by atoms with Crippen LogP contribution in [0.15, 0.2) is 24.3 Å². The zero-order chi connectivity index (χ0) is 19.7. The van der Waals surface area contributed by atoms with Gasteiger partial charge >= 0.3 is 5.97 Å². The van der Waals surface area contributed by atoms with Crippen LogP contribution in [0.25, 0.3) is 0 Å². The highest BCUT2D eigenvalue weighted by molar-refractivity contribution is 5.84. The Kier molecular flexibility index (Phi) is 9.04. The summed E-state index contributed by atoms with van der Waals surface area (Å²) >= 11 is 0. The van der Waals surface area contributed by atoms with Crippen molar-refractivity contribution in [2.24, 2.45) is 5.92 Å². The van der Waals surface area contributed by atoms with Gasteiger partial charge in [0, 0.05) is 11.8 Å². The van der Waals surface area contributed by atoms with Crippen molar-refractivity contribution in [3.05, 3.63) is 35.4 Å². The van der Waals surface area contributed by atoms with Gasteiger partial charge in [-0.25, -0.2) is 0 Å². The lowest BCUT2D eigenvalue weighted by Gasteiger charge is -2.33. The molecule has 0 amide bonds. The summed E-state index contributed by atoms with van der Waals surface area (Å²) in [7, 11) is 0. The lowest BCUT2D eigenvalue weighted by atomic mass is 9.71. The third kappa shape index (κ3) is 6.59. The van der Waals surface area contributed by atoms with Gasteiger partial charge in [0.2, 0.25) is 0 Å². The van der Waals surface area contributed by atoms with E-state index in [-0.39, 0.29) is 18.2 Å². The van der Waals surface area contributed by atoms with Gasteiger partial charge in [-0.15, -0.1) is 0 Å². The van der Waals surface area contributed by atoms with Gasteiger partial charge in [-0.2, -0.15) is 0 Å². The normalized spacial score (nSPS) is 12.9. The summed E-state index contributed by atoms with van der Waals surface area (Å²) in [5.41, 5.74) is 1.88. The Labute approximate surface area is 159 Å². The summed E-state index contributed by atoms with van der Waals surface area (Å²) in [5.74, 6) is -0.233. The largest absolute Gasteiger partial charge is 0.465 e. The average molecular weight is 361 g/mol. The Morgan fingerprint density at radius 2 is 1.65 bits per heavy atom. The first-order valence-electron chi connectivity index (χ1n) is 9.96. The van der Waals surface area contributed by atoms with Crippen LogP contribution in [0.1, 0.15) is 90.7 Å². The number of rotatable bonds is 11. The number of hydrogen-bond donors (Lipinski definition) is 0. The first kappa shape index (κ1) is 22.4. The molecule has 0 aliphatic carbocycles. The second-order valence-corrected chi connectivity index (χ2v) is 8.19. The number of esters is 1. The highest BCUT2D eigenvalue weighted by atomic mass is 16.5. The zero-order valence-electron chi connectivity index (χ0n) is 17.4. The molecule has 146 valence electrons. The number of Topliss-reactive ketones (excluding diaryl/α,β-unsaturated/α-hetero) is 1. The molecule has 3 nitrogen and oxygen atoms in total. The highest BCUT2D eigenvalue weighted by Gasteiger charge is 2.38. The van der Waals surface area contributed by atoms with E-state index >= 15 is 0 Å². The number of benzene rings is 1. The molecule has 1 atom stereocenters. The number of carbonyl (C=O) groups is 2. The summed E-state index contributed by atoms with van der Waals surface area (Å²) in [4.78, 5) is 24.5. The number of carbonyl (C=O) groups excluding carboxylic acids is 2. The van der Waals surface area contributed by atoms with Crippen molar-refractivity contribution in [2.75, 3.05) is 6.61 Å². The summed E-state index contributed by atoms with van der Waals surface area (Å²) in [5, 5.41) is 0. The Morgan fingerprint density at radius 1 is 1.04 bits per heavy atom. The van der Waals surface area contributed by atoms with E-state index < -0.39 is 11.3 Å². The van der Waals surface area contributed by atoms with Crippen LogP contribution < -0.4 is 0 Å². The van der Waals surface area contributed by atoms with Crippen LogP contribution in [0.5, 0.6) is 0 Å². The van der Waals surface area contributed by atoms with Crippen LogP contribution in [-0.4, -0.2) is 18.4 Å². The fourth-order valence-electron chi connectivity index (χ4n) is 3.22.